The van der Waals surface area contributed by atoms with E-state index in [1.165, 1.54) is 0 Å². The van der Waals surface area contributed by atoms with Crippen LogP contribution in [0.4, 0.5) is 34.5 Å². The van der Waals surface area contributed by atoms with Crippen molar-refractivity contribution in [1.82, 2.24) is 14.9 Å². The minimum Gasteiger partial charge on any atom is -0.494 e. The zero-order valence-electron chi connectivity index (χ0n) is 20.3. The fourth-order valence-corrected chi connectivity index (χ4v) is 3.83. The van der Waals surface area contributed by atoms with E-state index in [1.54, 1.807) is 13.3 Å². The molecule has 0 unspecified atom stereocenters. The molecule has 0 atom stereocenters. The number of nitrogens with two attached hydrogens (primary N) is 1. The van der Waals surface area contributed by atoms with Crippen molar-refractivity contribution in [3.63, 3.8) is 0 Å². The van der Waals surface area contributed by atoms with E-state index in [1.807, 2.05) is 51.5 Å². The van der Waals surface area contributed by atoms with Crippen LogP contribution in [0.1, 0.15) is 0 Å². The van der Waals surface area contributed by atoms with Crippen LogP contribution in [0.5, 0.6) is 5.75 Å². The number of likely N-dealkylation sites (N-methyl/N-ethyl adjacent to an activating group) is 2. The van der Waals surface area contributed by atoms with E-state index < -0.39 is 0 Å². The summed E-state index contributed by atoms with van der Waals surface area (Å²) in [4.78, 5) is 13.1. The average molecular weight is 492 g/mol. The van der Waals surface area contributed by atoms with Crippen LogP contribution in [0.15, 0.2) is 60.8 Å². The summed E-state index contributed by atoms with van der Waals surface area (Å²) in [6, 6.07) is 18.0. The molecule has 8 nitrogen and oxygen atoms in total. The van der Waals surface area contributed by atoms with Gasteiger partial charge in [0.2, 0.25) is 5.95 Å². The van der Waals surface area contributed by atoms with Gasteiger partial charge in [-0.2, -0.15) is 4.98 Å². The molecule has 0 aliphatic carbocycles. The van der Waals surface area contributed by atoms with E-state index in [0.29, 0.717) is 33.9 Å². The molecule has 0 spiro atoms. The maximum atomic E-state index is 6.39. The van der Waals surface area contributed by atoms with Crippen molar-refractivity contribution in [3.05, 3.63) is 65.8 Å². The SMILES string of the molecule is COc1cc(N(C)CCN(C)C)c(N)cc1Nc1ncc(Cl)c(Nc2ccc3ccccc3c2)n1. The number of methoxy groups -OCH3 is 1. The van der Waals surface area contributed by atoms with Crippen LogP contribution in [0, 0.1) is 0 Å². The molecule has 4 rings (SSSR count). The number of halogens is 1. The molecule has 0 aliphatic rings. The summed E-state index contributed by atoms with van der Waals surface area (Å²) in [5.74, 6) is 1.49. The van der Waals surface area contributed by atoms with Crippen molar-refractivity contribution in [2.45, 2.75) is 0 Å². The van der Waals surface area contributed by atoms with E-state index in [0.717, 1.165) is 35.2 Å². The number of nitrogens with one attached hydrogen (secondary N) is 2. The Bertz CT molecular complexity index is 1330. The zero-order chi connectivity index (χ0) is 24.9. The number of nitrogens with zero attached hydrogens (tertiary/aromatic N) is 4. The van der Waals surface area contributed by atoms with Gasteiger partial charge < -0.3 is 30.9 Å². The molecule has 0 bridgehead atoms. The van der Waals surface area contributed by atoms with E-state index in [4.69, 9.17) is 22.1 Å². The number of nitrogen functional groups attached to an aromatic ring is 1. The van der Waals surface area contributed by atoms with Gasteiger partial charge in [0, 0.05) is 31.9 Å². The lowest BCUT2D eigenvalue weighted by molar-refractivity contribution is 0.413. The number of hydrogen-bond acceptors (Lipinski definition) is 8. The Hall–Kier alpha value is -3.75. The van der Waals surface area contributed by atoms with Crippen LogP contribution in [0.3, 0.4) is 0 Å². The lowest BCUT2D eigenvalue weighted by Crippen LogP contribution is -2.29. The summed E-state index contributed by atoms with van der Waals surface area (Å²) in [6.07, 6.45) is 1.56. The second-order valence-electron chi connectivity index (χ2n) is 8.54. The average Bonchev–Trinajstić information content (AvgIpc) is 2.84. The molecule has 0 aliphatic heterocycles. The van der Waals surface area contributed by atoms with Crippen molar-refractivity contribution in [3.8, 4) is 5.75 Å². The molecule has 0 amide bonds. The van der Waals surface area contributed by atoms with Gasteiger partial charge in [0.15, 0.2) is 5.82 Å². The fourth-order valence-electron chi connectivity index (χ4n) is 3.69. The first kappa shape index (κ1) is 24.4. The summed E-state index contributed by atoms with van der Waals surface area (Å²) in [5, 5.41) is 9.19. The van der Waals surface area contributed by atoms with Gasteiger partial charge in [0.1, 0.15) is 10.8 Å². The number of benzene rings is 3. The molecule has 9 heteroatoms. The third kappa shape index (κ3) is 5.85. The Morgan fingerprint density at radius 1 is 0.971 bits per heavy atom. The third-order valence-corrected chi connectivity index (χ3v) is 5.92. The predicted octanol–water partition coefficient (Wildman–Crippen LogP) is 5.36. The van der Waals surface area contributed by atoms with Crippen molar-refractivity contribution in [1.29, 1.82) is 0 Å². The Balaban J connectivity index is 1.57. The van der Waals surface area contributed by atoms with Gasteiger partial charge in [-0.25, -0.2) is 4.98 Å². The molecule has 1 aromatic heterocycles. The largest absolute Gasteiger partial charge is 0.494 e. The highest BCUT2D eigenvalue weighted by Crippen LogP contribution is 2.36. The third-order valence-electron chi connectivity index (χ3n) is 5.65. The molecule has 3 aromatic carbocycles. The first-order chi connectivity index (χ1) is 16.8. The minimum atomic E-state index is 0.365. The summed E-state index contributed by atoms with van der Waals surface area (Å²) < 4.78 is 5.63. The summed E-state index contributed by atoms with van der Waals surface area (Å²) in [5.41, 5.74) is 9.44. The van der Waals surface area contributed by atoms with Crippen molar-refractivity contribution >= 4 is 56.9 Å². The number of aromatic nitrogens is 2. The molecule has 4 N–H and O–H groups in total. The second-order valence-corrected chi connectivity index (χ2v) is 8.95. The van der Waals surface area contributed by atoms with Gasteiger partial charge in [-0.3, -0.25) is 0 Å². The first-order valence-corrected chi connectivity index (χ1v) is 11.6. The van der Waals surface area contributed by atoms with Crippen molar-refractivity contribution < 1.29 is 4.74 Å². The highest BCUT2D eigenvalue weighted by Gasteiger charge is 2.14. The van der Waals surface area contributed by atoms with Gasteiger partial charge in [-0.15, -0.1) is 0 Å². The molecular weight excluding hydrogens is 462 g/mol. The van der Waals surface area contributed by atoms with Gasteiger partial charge in [-0.1, -0.05) is 41.9 Å². The molecule has 182 valence electrons. The second kappa shape index (κ2) is 10.7. The van der Waals surface area contributed by atoms with Crippen molar-refractivity contribution in [2.75, 3.05) is 62.6 Å². The monoisotopic (exact) mass is 491 g/mol. The first-order valence-electron chi connectivity index (χ1n) is 11.2. The molecular formula is C26H30ClN7O. The van der Waals surface area contributed by atoms with E-state index in [2.05, 4.69) is 54.7 Å². The standard InChI is InChI=1S/C26H30ClN7O/c1-33(2)11-12-34(3)23-15-24(35-4)22(14-21(23)28)31-26-29-16-20(27)25(32-26)30-19-10-9-17-7-5-6-8-18(17)13-19/h5-10,13-16H,11-12,28H2,1-4H3,(H2,29,30,31,32). The van der Waals surface area contributed by atoms with Crippen LogP contribution in [-0.2, 0) is 0 Å². The number of fused-ring (bicyclic) bond motifs is 1. The molecule has 0 fully saturated rings. The summed E-state index contributed by atoms with van der Waals surface area (Å²) in [6.45, 7) is 1.74. The molecule has 1 heterocycles. The van der Waals surface area contributed by atoms with Crippen LogP contribution >= 0.6 is 11.6 Å². The van der Waals surface area contributed by atoms with Crippen molar-refractivity contribution in [2.24, 2.45) is 0 Å². The van der Waals surface area contributed by atoms with Gasteiger partial charge >= 0.3 is 0 Å². The maximum absolute atomic E-state index is 6.39. The topological polar surface area (TPSA) is 91.6 Å². The quantitative estimate of drug-likeness (QED) is 0.269. The van der Waals surface area contributed by atoms with Gasteiger partial charge in [-0.05, 0) is 43.1 Å². The highest BCUT2D eigenvalue weighted by molar-refractivity contribution is 6.32. The van der Waals surface area contributed by atoms with Crippen LogP contribution < -0.4 is 26.0 Å². The molecule has 4 aromatic rings. The Labute approximate surface area is 210 Å². The van der Waals surface area contributed by atoms with E-state index >= 15 is 0 Å². The Morgan fingerprint density at radius 2 is 1.74 bits per heavy atom. The van der Waals surface area contributed by atoms with Crippen LogP contribution in [0.25, 0.3) is 10.8 Å². The molecule has 0 saturated heterocycles. The normalized spacial score (nSPS) is 11.0. The van der Waals surface area contributed by atoms with Gasteiger partial charge in [0.05, 0.1) is 30.4 Å². The lowest BCUT2D eigenvalue weighted by atomic mass is 10.1. The Morgan fingerprint density at radius 3 is 2.49 bits per heavy atom. The van der Waals surface area contributed by atoms with Crippen LogP contribution in [-0.4, -0.2) is 56.2 Å². The summed E-state index contributed by atoms with van der Waals surface area (Å²) >= 11 is 6.39. The number of anilines is 6. The molecule has 0 saturated carbocycles. The Kier molecular flexibility index (Phi) is 7.43. The van der Waals surface area contributed by atoms with E-state index in [9.17, 15) is 0 Å². The number of ether oxygens (including phenoxy) is 1. The predicted molar refractivity (Wildman–Crippen MR) is 147 cm³/mol. The fraction of sp³-hybridized carbons (Fsp3) is 0.231. The van der Waals surface area contributed by atoms with Gasteiger partial charge in [0.25, 0.3) is 0 Å². The summed E-state index contributed by atoms with van der Waals surface area (Å²) in [7, 11) is 7.71. The molecule has 35 heavy (non-hydrogen) atoms. The lowest BCUT2D eigenvalue weighted by Gasteiger charge is -2.24. The number of rotatable bonds is 9. The van der Waals surface area contributed by atoms with Crippen LogP contribution in [0.2, 0.25) is 5.02 Å². The molecule has 0 radical (unpaired) electrons. The minimum absolute atomic E-state index is 0.365. The smallest absolute Gasteiger partial charge is 0.229 e. The zero-order valence-corrected chi connectivity index (χ0v) is 21.1. The maximum Gasteiger partial charge on any atom is 0.229 e. The highest BCUT2D eigenvalue weighted by atomic mass is 35.5. The van der Waals surface area contributed by atoms with E-state index in [-0.39, 0.29) is 0 Å². The number of hydrogen-bond donors (Lipinski definition) is 3.